The Morgan fingerprint density at radius 2 is 1.89 bits per heavy atom. The third-order valence-corrected chi connectivity index (χ3v) is 5.99. The zero-order valence-corrected chi connectivity index (χ0v) is 20.8. The van der Waals surface area contributed by atoms with E-state index in [9.17, 15) is 20.2 Å². The molecule has 36 heavy (non-hydrogen) atoms. The van der Waals surface area contributed by atoms with Crippen LogP contribution >= 0.6 is 15.9 Å². The van der Waals surface area contributed by atoms with Crippen molar-refractivity contribution in [3.05, 3.63) is 116 Å². The fourth-order valence-electron chi connectivity index (χ4n) is 3.73. The van der Waals surface area contributed by atoms with Gasteiger partial charge in [0.2, 0.25) is 0 Å². The first-order chi connectivity index (χ1) is 17.4. The number of halogens is 1. The summed E-state index contributed by atoms with van der Waals surface area (Å²) in [5, 5.41) is 25.7. The maximum Gasteiger partial charge on any atom is 0.293 e. The molecule has 1 N–H and O–H groups in total. The van der Waals surface area contributed by atoms with Gasteiger partial charge in [-0.3, -0.25) is 14.9 Å². The minimum atomic E-state index is -0.760. The van der Waals surface area contributed by atoms with Gasteiger partial charge >= 0.3 is 0 Å². The van der Waals surface area contributed by atoms with Crippen LogP contribution in [0.3, 0.4) is 0 Å². The van der Waals surface area contributed by atoms with E-state index >= 15 is 0 Å². The van der Waals surface area contributed by atoms with Gasteiger partial charge in [-0.1, -0.05) is 64.5 Å². The van der Waals surface area contributed by atoms with E-state index in [2.05, 4.69) is 21.2 Å². The molecule has 0 aromatic heterocycles. The number of fused-ring (bicyclic) bond motifs is 1. The molecule has 0 aliphatic heterocycles. The average Bonchev–Trinajstić information content (AvgIpc) is 2.87. The van der Waals surface area contributed by atoms with Gasteiger partial charge in [0.15, 0.2) is 0 Å². The number of benzene rings is 4. The Morgan fingerprint density at radius 3 is 2.67 bits per heavy atom. The van der Waals surface area contributed by atoms with Crippen molar-refractivity contribution in [3.8, 4) is 11.8 Å². The Kier molecular flexibility index (Phi) is 7.42. The van der Waals surface area contributed by atoms with Crippen molar-refractivity contribution in [2.45, 2.75) is 13.5 Å². The summed E-state index contributed by atoms with van der Waals surface area (Å²) in [4.78, 5) is 23.7. The highest BCUT2D eigenvalue weighted by molar-refractivity contribution is 9.10. The van der Waals surface area contributed by atoms with Crippen LogP contribution in [-0.2, 0) is 11.4 Å². The van der Waals surface area contributed by atoms with E-state index in [1.54, 1.807) is 31.2 Å². The molecule has 0 saturated heterocycles. The summed E-state index contributed by atoms with van der Waals surface area (Å²) >= 11 is 3.42. The van der Waals surface area contributed by atoms with Crippen molar-refractivity contribution < 1.29 is 14.5 Å². The second kappa shape index (κ2) is 10.8. The summed E-state index contributed by atoms with van der Waals surface area (Å²) in [5.41, 5.74) is 1.72. The first kappa shape index (κ1) is 24.6. The summed E-state index contributed by atoms with van der Waals surface area (Å²) in [6, 6.07) is 25.6. The number of nitriles is 1. The van der Waals surface area contributed by atoms with Gasteiger partial charge < -0.3 is 10.1 Å². The lowest BCUT2D eigenvalue weighted by Crippen LogP contribution is -2.14. The molecule has 0 heterocycles. The minimum Gasteiger partial charge on any atom is -0.488 e. The molecule has 0 aliphatic rings. The van der Waals surface area contributed by atoms with E-state index in [1.165, 1.54) is 18.2 Å². The average molecular weight is 542 g/mol. The molecule has 0 unspecified atom stereocenters. The number of hydrogen-bond donors (Lipinski definition) is 1. The summed E-state index contributed by atoms with van der Waals surface area (Å²) in [6.45, 7) is 2.00. The fourth-order valence-corrected chi connectivity index (χ4v) is 4.11. The molecule has 4 aromatic carbocycles. The molecule has 1 amide bonds. The molecule has 178 valence electrons. The largest absolute Gasteiger partial charge is 0.488 e. The summed E-state index contributed by atoms with van der Waals surface area (Å²) < 4.78 is 6.83. The Labute approximate surface area is 215 Å². The molecular weight excluding hydrogens is 522 g/mol. The molecule has 7 nitrogen and oxygen atoms in total. The number of nitrogens with one attached hydrogen (secondary N) is 1. The van der Waals surface area contributed by atoms with E-state index in [0.717, 1.165) is 20.8 Å². The van der Waals surface area contributed by atoms with Gasteiger partial charge in [0.25, 0.3) is 11.6 Å². The second-order valence-electron chi connectivity index (χ2n) is 8.01. The van der Waals surface area contributed by atoms with Crippen molar-refractivity contribution in [2.24, 2.45) is 0 Å². The van der Waals surface area contributed by atoms with Crippen LogP contribution in [0.25, 0.3) is 16.8 Å². The molecule has 0 atom stereocenters. The molecule has 4 rings (SSSR count). The molecule has 0 fully saturated rings. The summed E-state index contributed by atoms with van der Waals surface area (Å²) in [5.74, 6) is -0.280. The third kappa shape index (κ3) is 5.59. The number of carbonyl (C=O) groups excluding carboxylic acids is 1. The highest BCUT2D eigenvalue weighted by atomic mass is 79.9. The molecule has 0 saturated carbocycles. The predicted molar refractivity (Wildman–Crippen MR) is 142 cm³/mol. The number of carbonyl (C=O) groups is 1. The van der Waals surface area contributed by atoms with Crippen LogP contribution in [0.5, 0.6) is 5.75 Å². The van der Waals surface area contributed by atoms with Gasteiger partial charge in [-0.15, -0.1) is 0 Å². The van der Waals surface area contributed by atoms with E-state index in [0.29, 0.717) is 16.9 Å². The smallest absolute Gasteiger partial charge is 0.293 e. The molecular formula is C28H20BrN3O4. The highest BCUT2D eigenvalue weighted by Gasteiger charge is 2.19. The SMILES string of the molecule is Cc1ccc(NC(=O)/C(C#N)=C/c2cc(Br)ccc2OCc2cccc3ccccc23)c([N+](=O)[O-])c1. The topological polar surface area (TPSA) is 105 Å². The van der Waals surface area contributed by atoms with Crippen molar-refractivity contribution >= 4 is 50.1 Å². The van der Waals surface area contributed by atoms with Crippen molar-refractivity contribution in [1.29, 1.82) is 5.26 Å². The Balaban J connectivity index is 1.61. The van der Waals surface area contributed by atoms with E-state index < -0.39 is 10.8 Å². The number of ether oxygens (including phenoxy) is 1. The number of aryl methyl sites for hydroxylation is 1. The lowest BCUT2D eigenvalue weighted by molar-refractivity contribution is -0.384. The van der Waals surface area contributed by atoms with Gasteiger partial charge in [0.1, 0.15) is 29.7 Å². The van der Waals surface area contributed by atoms with Crippen LogP contribution in [-0.4, -0.2) is 10.8 Å². The maximum atomic E-state index is 12.9. The number of nitro groups is 1. The van der Waals surface area contributed by atoms with Crippen molar-refractivity contribution in [1.82, 2.24) is 0 Å². The van der Waals surface area contributed by atoms with Crippen molar-refractivity contribution in [2.75, 3.05) is 5.32 Å². The van der Waals surface area contributed by atoms with Crippen LogP contribution in [0.1, 0.15) is 16.7 Å². The third-order valence-electron chi connectivity index (χ3n) is 5.50. The minimum absolute atomic E-state index is 0.0124. The molecule has 0 aliphatic carbocycles. The normalized spacial score (nSPS) is 11.1. The van der Waals surface area contributed by atoms with E-state index in [4.69, 9.17) is 4.74 Å². The van der Waals surface area contributed by atoms with Gasteiger partial charge in [-0.2, -0.15) is 5.26 Å². The number of nitro benzene ring substituents is 1. The van der Waals surface area contributed by atoms with Gasteiger partial charge in [0, 0.05) is 16.1 Å². The Hall–Kier alpha value is -4.48. The van der Waals surface area contributed by atoms with Gasteiger partial charge in [-0.05, 0) is 59.2 Å². The molecule has 0 spiro atoms. The number of amides is 1. The van der Waals surface area contributed by atoms with E-state index in [-0.39, 0.29) is 23.6 Å². The van der Waals surface area contributed by atoms with Crippen LogP contribution in [0.15, 0.2) is 88.9 Å². The lowest BCUT2D eigenvalue weighted by atomic mass is 10.1. The number of nitrogens with zero attached hydrogens (tertiary/aromatic N) is 2. The fraction of sp³-hybridized carbons (Fsp3) is 0.0714. The molecule has 4 aromatic rings. The zero-order chi connectivity index (χ0) is 25.7. The van der Waals surface area contributed by atoms with Gasteiger partial charge in [0.05, 0.1) is 4.92 Å². The van der Waals surface area contributed by atoms with Crippen LogP contribution in [0.2, 0.25) is 0 Å². The molecule has 8 heteroatoms. The Morgan fingerprint density at radius 1 is 1.11 bits per heavy atom. The van der Waals surface area contributed by atoms with Crippen LogP contribution < -0.4 is 10.1 Å². The monoisotopic (exact) mass is 541 g/mol. The summed E-state index contributed by atoms with van der Waals surface area (Å²) in [6.07, 6.45) is 1.40. The first-order valence-corrected chi connectivity index (χ1v) is 11.7. The number of rotatable bonds is 7. The zero-order valence-electron chi connectivity index (χ0n) is 19.2. The van der Waals surface area contributed by atoms with E-state index in [1.807, 2.05) is 48.5 Å². The van der Waals surface area contributed by atoms with Crippen LogP contribution in [0, 0.1) is 28.4 Å². The first-order valence-electron chi connectivity index (χ1n) is 10.9. The number of anilines is 1. The van der Waals surface area contributed by atoms with Crippen LogP contribution in [0.4, 0.5) is 11.4 Å². The maximum absolute atomic E-state index is 12.9. The highest BCUT2D eigenvalue weighted by Crippen LogP contribution is 2.29. The second-order valence-corrected chi connectivity index (χ2v) is 8.93. The van der Waals surface area contributed by atoms with Gasteiger partial charge in [-0.25, -0.2) is 0 Å². The Bertz CT molecular complexity index is 1550. The standard InChI is InChI=1S/C28H20BrN3O4/c1-18-9-11-25(26(13-18)32(34)35)31-28(33)22(16-30)14-21-15-23(29)10-12-27(21)36-17-20-7-4-6-19-5-2-3-8-24(19)20/h2-15H,17H2,1H3,(H,31,33)/b22-14+. The van der Waals surface area contributed by atoms with Crippen molar-refractivity contribution in [3.63, 3.8) is 0 Å². The number of hydrogen-bond acceptors (Lipinski definition) is 5. The molecule has 0 radical (unpaired) electrons. The lowest BCUT2D eigenvalue weighted by Gasteiger charge is -2.12. The molecule has 0 bridgehead atoms. The quantitative estimate of drug-likeness (QED) is 0.118. The predicted octanol–water partition coefficient (Wildman–Crippen LogP) is 6.94. The summed E-state index contributed by atoms with van der Waals surface area (Å²) in [7, 11) is 0.